The normalized spacial score (nSPS) is 15.0. The van der Waals surface area contributed by atoms with Crippen molar-refractivity contribution in [2.24, 2.45) is 5.92 Å². The molecule has 0 spiro atoms. The van der Waals surface area contributed by atoms with Crippen LogP contribution in [0.3, 0.4) is 0 Å². The summed E-state index contributed by atoms with van der Waals surface area (Å²) in [5.74, 6) is -1.71. The highest BCUT2D eigenvalue weighted by molar-refractivity contribution is 7.89. The zero-order chi connectivity index (χ0) is 22.6. The Bertz CT molecular complexity index is 1070. The Morgan fingerprint density at radius 1 is 1.23 bits per heavy atom. The molecular weight excluding hydrogens is 442 g/mol. The molecule has 10 heteroatoms. The van der Waals surface area contributed by atoms with Gasteiger partial charge >= 0.3 is 5.97 Å². The zero-order valence-electron chi connectivity index (χ0n) is 17.0. The molecule has 1 fully saturated rings. The minimum atomic E-state index is -3.78. The van der Waals surface area contributed by atoms with Gasteiger partial charge < -0.3 is 10.0 Å². The van der Waals surface area contributed by atoms with Crippen LogP contribution in [0.5, 0.6) is 0 Å². The smallest absolute Gasteiger partial charge is 0.338 e. The van der Waals surface area contributed by atoms with Crippen LogP contribution in [0.1, 0.15) is 41.3 Å². The van der Waals surface area contributed by atoms with Gasteiger partial charge in [0, 0.05) is 19.0 Å². The number of carboxylic acid groups (broad SMARTS) is 1. The maximum Gasteiger partial charge on any atom is 0.338 e. The first-order valence-electron chi connectivity index (χ1n) is 9.96. The molecular formula is C21H24ClN3O5S. The SMILES string of the molecule is CCc1cc(C(=O)O)c(Cl)nc1N1CCC(C(=O)NS(=O)(=O)Cc2ccccc2)CC1. The van der Waals surface area contributed by atoms with Crippen molar-refractivity contribution in [2.45, 2.75) is 31.9 Å². The fraction of sp³-hybridized carbons (Fsp3) is 0.381. The molecule has 2 heterocycles. The van der Waals surface area contributed by atoms with Crippen LogP contribution in [0.15, 0.2) is 36.4 Å². The van der Waals surface area contributed by atoms with Crippen LogP contribution in [-0.4, -0.2) is 43.5 Å². The molecule has 2 N–H and O–H groups in total. The Morgan fingerprint density at radius 3 is 2.45 bits per heavy atom. The lowest BCUT2D eigenvalue weighted by atomic mass is 9.96. The lowest BCUT2D eigenvalue weighted by Gasteiger charge is -2.33. The summed E-state index contributed by atoms with van der Waals surface area (Å²) in [4.78, 5) is 30.1. The number of carbonyl (C=O) groups is 2. The third-order valence-electron chi connectivity index (χ3n) is 5.26. The molecule has 1 saturated heterocycles. The number of carbonyl (C=O) groups excluding carboxylic acids is 1. The van der Waals surface area contributed by atoms with Crippen LogP contribution in [0.4, 0.5) is 5.82 Å². The fourth-order valence-corrected chi connectivity index (χ4v) is 5.02. The summed E-state index contributed by atoms with van der Waals surface area (Å²) in [7, 11) is -3.78. The summed E-state index contributed by atoms with van der Waals surface area (Å²) in [6.07, 6.45) is 1.49. The van der Waals surface area contributed by atoms with Crippen molar-refractivity contribution in [3.05, 3.63) is 58.2 Å². The number of nitrogens with zero attached hydrogens (tertiary/aromatic N) is 2. The number of benzene rings is 1. The zero-order valence-corrected chi connectivity index (χ0v) is 18.6. The number of piperidine rings is 1. The van der Waals surface area contributed by atoms with E-state index in [1.54, 1.807) is 30.3 Å². The maximum absolute atomic E-state index is 12.5. The molecule has 2 aromatic rings. The first-order chi connectivity index (χ1) is 14.7. The Morgan fingerprint density at radius 2 is 1.87 bits per heavy atom. The van der Waals surface area contributed by atoms with Gasteiger partial charge in [-0.15, -0.1) is 0 Å². The summed E-state index contributed by atoms with van der Waals surface area (Å²) in [6.45, 7) is 2.87. The average Bonchev–Trinajstić information content (AvgIpc) is 2.73. The van der Waals surface area contributed by atoms with Crippen LogP contribution in [0.2, 0.25) is 5.15 Å². The van der Waals surface area contributed by atoms with Crippen LogP contribution in [-0.2, 0) is 27.0 Å². The van der Waals surface area contributed by atoms with E-state index < -0.39 is 27.8 Å². The van der Waals surface area contributed by atoms with Crippen molar-refractivity contribution in [1.29, 1.82) is 0 Å². The van der Waals surface area contributed by atoms with E-state index in [1.165, 1.54) is 6.07 Å². The number of aryl methyl sites for hydroxylation is 1. The number of pyridine rings is 1. The number of aromatic carboxylic acids is 1. The van der Waals surface area contributed by atoms with Gasteiger partial charge in [0.05, 0.1) is 11.3 Å². The van der Waals surface area contributed by atoms with E-state index in [1.807, 2.05) is 11.8 Å². The molecule has 1 aliphatic heterocycles. The number of amides is 1. The van der Waals surface area contributed by atoms with Gasteiger partial charge in [0.1, 0.15) is 11.0 Å². The quantitative estimate of drug-likeness (QED) is 0.604. The fourth-order valence-electron chi connectivity index (χ4n) is 3.63. The molecule has 31 heavy (non-hydrogen) atoms. The maximum atomic E-state index is 12.5. The van der Waals surface area contributed by atoms with Gasteiger partial charge in [0.25, 0.3) is 0 Å². The predicted octanol–water partition coefficient (Wildman–Crippen LogP) is 2.86. The van der Waals surface area contributed by atoms with E-state index in [2.05, 4.69) is 9.71 Å². The van der Waals surface area contributed by atoms with Crippen LogP contribution >= 0.6 is 11.6 Å². The second kappa shape index (κ2) is 9.65. The summed E-state index contributed by atoms with van der Waals surface area (Å²) in [6, 6.07) is 10.2. The van der Waals surface area contributed by atoms with E-state index in [0.29, 0.717) is 43.7 Å². The molecule has 0 aliphatic carbocycles. The van der Waals surface area contributed by atoms with E-state index in [9.17, 15) is 23.1 Å². The van der Waals surface area contributed by atoms with Crippen LogP contribution < -0.4 is 9.62 Å². The number of anilines is 1. The Kier molecular flexibility index (Phi) is 7.17. The molecule has 0 saturated carbocycles. The Hall–Kier alpha value is -2.65. The highest BCUT2D eigenvalue weighted by Gasteiger charge is 2.29. The molecule has 1 aromatic carbocycles. The van der Waals surface area contributed by atoms with Crippen molar-refractivity contribution < 1.29 is 23.1 Å². The number of sulfonamides is 1. The lowest BCUT2D eigenvalue weighted by Crippen LogP contribution is -2.43. The molecule has 8 nitrogen and oxygen atoms in total. The van der Waals surface area contributed by atoms with Gasteiger partial charge in [-0.1, -0.05) is 48.9 Å². The largest absolute Gasteiger partial charge is 0.478 e. The molecule has 0 atom stereocenters. The number of hydrogen-bond acceptors (Lipinski definition) is 6. The number of hydrogen-bond donors (Lipinski definition) is 2. The van der Waals surface area contributed by atoms with Crippen LogP contribution in [0, 0.1) is 5.92 Å². The highest BCUT2D eigenvalue weighted by Crippen LogP contribution is 2.29. The second-order valence-corrected chi connectivity index (χ2v) is 9.52. The van der Waals surface area contributed by atoms with Crippen molar-refractivity contribution >= 4 is 39.3 Å². The summed E-state index contributed by atoms with van der Waals surface area (Å²) in [5.41, 5.74) is 1.33. The minimum absolute atomic E-state index is 0.0415. The topological polar surface area (TPSA) is 117 Å². The van der Waals surface area contributed by atoms with E-state index in [-0.39, 0.29) is 16.5 Å². The monoisotopic (exact) mass is 465 g/mol. The number of aromatic nitrogens is 1. The van der Waals surface area contributed by atoms with Crippen LogP contribution in [0.25, 0.3) is 0 Å². The summed E-state index contributed by atoms with van der Waals surface area (Å²) in [5, 5.41) is 9.16. The van der Waals surface area contributed by atoms with Gasteiger partial charge in [-0.05, 0) is 36.5 Å². The summed E-state index contributed by atoms with van der Waals surface area (Å²) >= 11 is 6.04. The first-order valence-corrected chi connectivity index (χ1v) is 12.0. The summed E-state index contributed by atoms with van der Waals surface area (Å²) < 4.78 is 26.9. The third-order valence-corrected chi connectivity index (χ3v) is 6.78. The standard InChI is InChI=1S/C21H24ClN3O5S/c1-2-15-12-17(21(27)28)18(22)23-19(15)25-10-8-16(9-11-25)20(26)24-31(29,30)13-14-6-4-3-5-7-14/h3-7,12,16H,2,8-11,13H2,1H3,(H,24,26)(H,27,28). The molecule has 0 unspecified atom stereocenters. The highest BCUT2D eigenvalue weighted by atomic mass is 35.5. The lowest BCUT2D eigenvalue weighted by molar-refractivity contribution is -0.123. The molecule has 1 aromatic heterocycles. The molecule has 0 bridgehead atoms. The van der Waals surface area contributed by atoms with Gasteiger partial charge in [-0.2, -0.15) is 0 Å². The third kappa shape index (κ3) is 5.74. The van der Waals surface area contributed by atoms with Gasteiger partial charge in [-0.3, -0.25) is 9.52 Å². The predicted molar refractivity (Wildman–Crippen MR) is 118 cm³/mol. The molecule has 0 radical (unpaired) electrons. The van der Waals surface area contributed by atoms with Crippen molar-refractivity contribution in [3.63, 3.8) is 0 Å². The van der Waals surface area contributed by atoms with E-state index in [4.69, 9.17) is 11.6 Å². The van der Waals surface area contributed by atoms with Crippen molar-refractivity contribution in [3.8, 4) is 0 Å². The first kappa shape index (κ1) is 23.0. The van der Waals surface area contributed by atoms with Crippen molar-refractivity contribution in [1.82, 2.24) is 9.71 Å². The molecule has 1 amide bonds. The number of carboxylic acids is 1. The van der Waals surface area contributed by atoms with Gasteiger partial charge in [0.15, 0.2) is 0 Å². The van der Waals surface area contributed by atoms with Crippen molar-refractivity contribution in [2.75, 3.05) is 18.0 Å². The van der Waals surface area contributed by atoms with Gasteiger partial charge in [-0.25, -0.2) is 18.2 Å². The van der Waals surface area contributed by atoms with E-state index >= 15 is 0 Å². The number of halogens is 1. The Labute approximate surface area is 186 Å². The molecule has 1 aliphatic rings. The molecule has 3 rings (SSSR count). The number of rotatable bonds is 7. The van der Waals surface area contributed by atoms with Gasteiger partial charge in [0.2, 0.25) is 15.9 Å². The minimum Gasteiger partial charge on any atom is -0.478 e. The molecule has 166 valence electrons. The van der Waals surface area contributed by atoms with E-state index in [0.717, 1.165) is 5.56 Å². The Balaban J connectivity index is 1.63. The second-order valence-electron chi connectivity index (χ2n) is 7.44. The average molecular weight is 466 g/mol. The number of nitrogens with one attached hydrogen (secondary N) is 1.